The van der Waals surface area contributed by atoms with E-state index in [-0.39, 0.29) is 0 Å². The highest BCUT2D eigenvalue weighted by Gasteiger charge is 2.13. The minimum absolute atomic E-state index is 0.766. The van der Waals surface area contributed by atoms with Gasteiger partial charge >= 0.3 is 0 Å². The van der Waals surface area contributed by atoms with E-state index in [4.69, 9.17) is 17.3 Å². The van der Waals surface area contributed by atoms with Crippen LogP contribution in [-0.2, 0) is 0 Å². The topological polar surface area (TPSA) is 38.0 Å². The minimum Gasteiger partial charge on any atom is -0.398 e. The largest absolute Gasteiger partial charge is 0.398 e. The number of hydrogen-bond acceptors (Lipinski definition) is 3. The fraction of sp³-hybridized carbons (Fsp3) is 0.500. The molecule has 0 unspecified atom stereocenters. The molecular formula is C12H17ClN2S. The van der Waals surface area contributed by atoms with Crippen LogP contribution in [0, 0.1) is 5.92 Å². The Kier molecular flexibility index (Phi) is 4.38. The number of halogens is 1. The Morgan fingerprint density at radius 2 is 2.12 bits per heavy atom. The summed E-state index contributed by atoms with van der Waals surface area (Å²) in [6, 6.07) is 5.68. The molecule has 0 spiro atoms. The van der Waals surface area contributed by atoms with Crippen LogP contribution in [-0.4, -0.2) is 18.8 Å². The highest BCUT2D eigenvalue weighted by molar-refractivity contribution is 7.99. The Hall–Kier alpha value is -0.380. The van der Waals surface area contributed by atoms with Crippen molar-refractivity contribution in [2.24, 2.45) is 5.92 Å². The molecule has 2 rings (SSSR count). The first-order chi connectivity index (χ1) is 7.75. The Bertz CT molecular complexity index is 351. The molecule has 0 bridgehead atoms. The van der Waals surface area contributed by atoms with Gasteiger partial charge in [0, 0.05) is 21.4 Å². The molecule has 1 heterocycles. The molecule has 0 saturated carbocycles. The summed E-state index contributed by atoms with van der Waals surface area (Å²) in [6.07, 6.45) is 2.54. The number of anilines is 1. The van der Waals surface area contributed by atoms with Crippen molar-refractivity contribution in [1.82, 2.24) is 5.32 Å². The zero-order chi connectivity index (χ0) is 11.4. The second-order valence-corrected chi connectivity index (χ2v) is 5.68. The third-order valence-corrected chi connectivity index (χ3v) is 4.45. The molecule has 1 aromatic rings. The monoisotopic (exact) mass is 256 g/mol. The molecule has 4 heteroatoms. The number of piperidine rings is 1. The van der Waals surface area contributed by atoms with Crippen molar-refractivity contribution in [3.63, 3.8) is 0 Å². The summed E-state index contributed by atoms with van der Waals surface area (Å²) in [5.74, 6) is 1.95. The van der Waals surface area contributed by atoms with Gasteiger partial charge in [-0.3, -0.25) is 0 Å². The molecule has 1 fully saturated rings. The number of benzene rings is 1. The van der Waals surface area contributed by atoms with Gasteiger partial charge in [-0.05, 0) is 50.0 Å². The Labute approximate surface area is 106 Å². The van der Waals surface area contributed by atoms with E-state index >= 15 is 0 Å². The molecule has 88 valence electrons. The number of rotatable bonds is 3. The Balaban J connectivity index is 1.90. The third-order valence-electron chi connectivity index (χ3n) is 2.91. The van der Waals surface area contributed by atoms with Gasteiger partial charge in [-0.15, -0.1) is 11.8 Å². The molecule has 3 N–H and O–H groups in total. The van der Waals surface area contributed by atoms with Gasteiger partial charge in [0.1, 0.15) is 0 Å². The summed E-state index contributed by atoms with van der Waals surface area (Å²) < 4.78 is 0. The predicted octanol–water partition coefficient (Wildman–Crippen LogP) is 3.01. The Morgan fingerprint density at radius 1 is 1.38 bits per heavy atom. The van der Waals surface area contributed by atoms with Crippen LogP contribution in [0.1, 0.15) is 12.8 Å². The number of nitrogens with one attached hydrogen (secondary N) is 1. The van der Waals surface area contributed by atoms with Crippen molar-refractivity contribution in [2.75, 3.05) is 24.6 Å². The van der Waals surface area contributed by atoms with E-state index in [9.17, 15) is 0 Å². The average molecular weight is 257 g/mol. The molecule has 1 aliphatic heterocycles. The maximum atomic E-state index is 5.96. The quantitative estimate of drug-likeness (QED) is 0.645. The summed E-state index contributed by atoms with van der Waals surface area (Å²) in [7, 11) is 0. The smallest absolute Gasteiger partial charge is 0.0453 e. The van der Waals surface area contributed by atoms with Crippen molar-refractivity contribution in [1.29, 1.82) is 0 Å². The molecule has 1 saturated heterocycles. The lowest BCUT2D eigenvalue weighted by Crippen LogP contribution is -2.28. The molecular weight excluding hydrogens is 240 g/mol. The molecule has 0 atom stereocenters. The first-order valence-electron chi connectivity index (χ1n) is 5.64. The van der Waals surface area contributed by atoms with Gasteiger partial charge in [-0.1, -0.05) is 11.6 Å². The van der Waals surface area contributed by atoms with Crippen molar-refractivity contribution < 1.29 is 0 Å². The second-order valence-electron chi connectivity index (χ2n) is 4.19. The van der Waals surface area contributed by atoms with Gasteiger partial charge in [-0.2, -0.15) is 0 Å². The molecule has 1 aliphatic rings. The van der Waals surface area contributed by atoms with Gasteiger partial charge in [-0.25, -0.2) is 0 Å². The fourth-order valence-electron chi connectivity index (χ4n) is 1.89. The van der Waals surface area contributed by atoms with Crippen LogP contribution in [0.4, 0.5) is 5.69 Å². The molecule has 0 amide bonds. The summed E-state index contributed by atoms with van der Waals surface area (Å²) in [6.45, 7) is 2.30. The SMILES string of the molecule is Nc1ccc(Cl)cc1SCC1CCNCC1. The highest BCUT2D eigenvalue weighted by Crippen LogP contribution is 2.31. The number of nitrogens with two attached hydrogens (primary N) is 1. The molecule has 1 aromatic carbocycles. The van der Waals surface area contributed by atoms with E-state index in [1.165, 1.54) is 12.8 Å². The van der Waals surface area contributed by atoms with E-state index < -0.39 is 0 Å². The summed E-state index contributed by atoms with van der Waals surface area (Å²) in [5, 5.41) is 4.14. The summed E-state index contributed by atoms with van der Waals surface area (Å²) in [4.78, 5) is 1.12. The lowest BCUT2D eigenvalue weighted by molar-refractivity contribution is 0.408. The Morgan fingerprint density at radius 3 is 2.88 bits per heavy atom. The zero-order valence-corrected chi connectivity index (χ0v) is 10.8. The van der Waals surface area contributed by atoms with Gasteiger partial charge < -0.3 is 11.1 Å². The van der Waals surface area contributed by atoms with Crippen molar-refractivity contribution in [3.8, 4) is 0 Å². The molecule has 2 nitrogen and oxygen atoms in total. The lowest BCUT2D eigenvalue weighted by atomic mass is 10.0. The van der Waals surface area contributed by atoms with Crippen molar-refractivity contribution >= 4 is 29.1 Å². The third kappa shape index (κ3) is 3.30. The van der Waals surface area contributed by atoms with Crippen molar-refractivity contribution in [2.45, 2.75) is 17.7 Å². The molecule has 16 heavy (non-hydrogen) atoms. The van der Waals surface area contributed by atoms with Crippen LogP contribution in [0.2, 0.25) is 5.02 Å². The van der Waals surface area contributed by atoms with Gasteiger partial charge in [0.2, 0.25) is 0 Å². The fourth-order valence-corrected chi connectivity index (χ4v) is 3.32. The highest BCUT2D eigenvalue weighted by atomic mass is 35.5. The molecule has 0 radical (unpaired) electrons. The minimum atomic E-state index is 0.766. The van der Waals surface area contributed by atoms with Crippen molar-refractivity contribution in [3.05, 3.63) is 23.2 Å². The second kappa shape index (κ2) is 5.80. The average Bonchev–Trinajstić information content (AvgIpc) is 2.32. The predicted molar refractivity (Wildman–Crippen MR) is 72.2 cm³/mol. The van der Waals surface area contributed by atoms with E-state index in [0.717, 1.165) is 40.4 Å². The lowest BCUT2D eigenvalue weighted by Gasteiger charge is -2.22. The maximum absolute atomic E-state index is 5.96. The van der Waals surface area contributed by atoms with E-state index in [1.807, 2.05) is 30.0 Å². The number of nitrogen functional groups attached to an aromatic ring is 1. The van der Waals surface area contributed by atoms with E-state index in [0.29, 0.717) is 0 Å². The van der Waals surface area contributed by atoms with Gasteiger partial charge in [0.25, 0.3) is 0 Å². The van der Waals surface area contributed by atoms with Crippen LogP contribution in [0.3, 0.4) is 0 Å². The van der Waals surface area contributed by atoms with E-state index in [1.54, 1.807) is 0 Å². The normalized spacial score (nSPS) is 17.6. The van der Waals surface area contributed by atoms with Crippen LogP contribution < -0.4 is 11.1 Å². The molecule has 0 aliphatic carbocycles. The van der Waals surface area contributed by atoms with Gasteiger partial charge in [0.05, 0.1) is 0 Å². The first-order valence-corrected chi connectivity index (χ1v) is 7.00. The van der Waals surface area contributed by atoms with Crippen LogP contribution in [0.15, 0.2) is 23.1 Å². The van der Waals surface area contributed by atoms with Crippen LogP contribution >= 0.6 is 23.4 Å². The summed E-state index contributed by atoms with van der Waals surface area (Å²) >= 11 is 7.79. The van der Waals surface area contributed by atoms with Crippen LogP contribution in [0.25, 0.3) is 0 Å². The first kappa shape index (κ1) is 12.1. The van der Waals surface area contributed by atoms with Gasteiger partial charge in [0.15, 0.2) is 0 Å². The standard InChI is InChI=1S/C12H17ClN2S/c13-10-1-2-11(14)12(7-10)16-8-9-3-5-15-6-4-9/h1-2,7,9,15H,3-6,8,14H2. The zero-order valence-electron chi connectivity index (χ0n) is 9.21. The molecule has 0 aromatic heterocycles. The van der Waals surface area contributed by atoms with E-state index in [2.05, 4.69) is 5.32 Å². The summed E-state index contributed by atoms with van der Waals surface area (Å²) in [5.41, 5.74) is 6.75. The number of hydrogen-bond donors (Lipinski definition) is 2. The number of thioether (sulfide) groups is 1. The maximum Gasteiger partial charge on any atom is 0.0453 e. The van der Waals surface area contributed by atoms with Crippen LogP contribution in [0.5, 0.6) is 0 Å².